The van der Waals surface area contributed by atoms with Gasteiger partial charge in [0, 0.05) is 16.5 Å². The van der Waals surface area contributed by atoms with Gasteiger partial charge in [-0.05, 0) is 44.3 Å². The van der Waals surface area contributed by atoms with Crippen LogP contribution in [-0.4, -0.2) is 34.9 Å². The number of carbonyl (C=O) groups excluding carboxylic acids is 1. The van der Waals surface area contributed by atoms with Gasteiger partial charge in [-0.2, -0.15) is 0 Å². The number of hydrogen-bond acceptors (Lipinski definition) is 4. The van der Waals surface area contributed by atoms with E-state index in [0.717, 1.165) is 34.9 Å². The van der Waals surface area contributed by atoms with Crippen molar-refractivity contribution in [3.8, 4) is 0 Å². The summed E-state index contributed by atoms with van der Waals surface area (Å²) in [5.41, 5.74) is 8.24. The molecule has 0 saturated heterocycles. The number of anilines is 1. The molecule has 1 heterocycles. The molecule has 0 bridgehead atoms. The number of carbonyl (C=O) groups is 1. The molecule has 0 aliphatic carbocycles. The number of nitrogen functional groups attached to an aromatic ring is 1. The zero-order valence-corrected chi connectivity index (χ0v) is 14.3. The lowest BCUT2D eigenvalue weighted by molar-refractivity contribution is 0.00608. The Hall–Kier alpha value is -2.53. The van der Waals surface area contributed by atoms with Gasteiger partial charge in [-0.1, -0.05) is 32.0 Å². The minimum atomic E-state index is -0.370. The third-order valence-electron chi connectivity index (χ3n) is 4.48. The zero-order chi connectivity index (χ0) is 17.3. The molecular formula is C19H23N3O2. The van der Waals surface area contributed by atoms with Gasteiger partial charge >= 0.3 is 6.09 Å². The van der Waals surface area contributed by atoms with E-state index in [1.807, 2.05) is 43.3 Å². The molecule has 2 N–H and O–H groups in total. The highest BCUT2D eigenvalue weighted by molar-refractivity contribution is 6.13. The van der Waals surface area contributed by atoms with Crippen molar-refractivity contribution in [2.75, 3.05) is 18.8 Å². The second kappa shape index (κ2) is 6.53. The molecule has 1 aromatic heterocycles. The van der Waals surface area contributed by atoms with Crippen LogP contribution in [0.2, 0.25) is 0 Å². The van der Waals surface area contributed by atoms with Crippen molar-refractivity contribution in [3.05, 3.63) is 42.5 Å². The van der Waals surface area contributed by atoms with Crippen LogP contribution in [0.25, 0.3) is 21.8 Å². The average Bonchev–Trinajstić information content (AvgIpc) is 2.90. The topological polar surface area (TPSA) is 60.5 Å². The SMILES string of the molecule is CCN(CC)C(C)OC(=O)n1c2ccccc2c2cc(N)ccc21. The molecule has 0 fully saturated rings. The number of benzene rings is 2. The normalized spacial score (nSPS) is 12.8. The molecule has 0 aliphatic heterocycles. The fourth-order valence-electron chi connectivity index (χ4n) is 3.20. The Labute approximate surface area is 141 Å². The van der Waals surface area contributed by atoms with Crippen LogP contribution in [0.3, 0.4) is 0 Å². The molecule has 0 radical (unpaired) electrons. The molecule has 2 aromatic carbocycles. The molecule has 0 saturated carbocycles. The van der Waals surface area contributed by atoms with E-state index in [2.05, 4.69) is 18.7 Å². The van der Waals surface area contributed by atoms with Crippen LogP contribution in [0.1, 0.15) is 20.8 Å². The van der Waals surface area contributed by atoms with Gasteiger partial charge in [0.2, 0.25) is 0 Å². The Morgan fingerprint density at radius 1 is 1.12 bits per heavy atom. The van der Waals surface area contributed by atoms with Crippen molar-refractivity contribution in [3.63, 3.8) is 0 Å². The smallest absolute Gasteiger partial charge is 0.420 e. The van der Waals surface area contributed by atoms with Crippen LogP contribution in [-0.2, 0) is 4.74 Å². The molecule has 0 amide bonds. The van der Waals surface area contributed by atoms with Crippen LogP contribution in [0, 0.1) is 0 Å². The van der Waals surface area contributed by atoms with Crippen LogP contribution in [0.4, 0.5) is 10.5 Å². The van der Waals surface area contributed by atoms with Gasteiger partial charge in [-0.15, -0.1) is 0 Å². The lowest BCUT2D eigenvalue weighted by Gasteiger charge is -2.26. The Kier molecular flexibility index (Phi) is 4.44. The molecule has 0 aliphatic rings. The summed E-state index contributed by atoms with van der Waals surface area (Å²) in [6, 6.07) is 13.4. The van der Waals surface area contributed by atoms with Crippen molar-refractivity contribution in [1.29, 1.82) is 0 Å². The molecule has 24 heavy (non-hydrogen) atoms. The van der Waals surface area contributed by atoms with E-state index >= 15 is 0 Å². The Balaban J connectivity index is 2.09. The van der Waals surface area contributed by atoms with Gasteiger partial charge in [0.15, 0.2) is 6.23 Å². The number of aromatic nitrogens is 1. The second-order valence-electron chi connectivity index (χ2n) is 5.83. The maximum absolute atomic E-state index is 12.8. The summed E-state index contributed by atoms with van der Waals surface area (Å²) in [4.78, 5) is 14.9. The average molecular weight is 325 g/mol. The quantitative estimate of drug-likeness (QED) is 0.581. The number of ether oxygens (including phenoxy) is 1. The van der Waals surface area contributed by atoms with Crippen LogP contribution >= 0.6 is 0 Å². The zero-order valence-electron chi connectivity index (χ0n) is 14.3. The summed E-state index contributed by atoms with van der Waals surface area (Å²) in [5.74, 6) is 0. The fourth-order valence-corrected chi connectivity index (χ4v) is 3.20. The predicted molar refractivity (Wildman–Crippen MR) is 98.1 cm³/mol. The molecule has 1 unspecified atom stereocenters. The van der Waals surface area contributed by atoms with Gasteiger partial charge in [0.25, 0.3) is 0 Å². The van der Waals surface area contributed by atoms with Gasteiger partial charge in [-0.3, -0.25) is 4.90 Å². The minimum Gasteiger partial charge on any atom is -0.430 e. The number of hydrogen-bond donors (Lipinski definition) is 1. The highest BCUT2D eigenvalue weighted by Crippen LogP contribution is 2.30. The second-order valence-corrected chi connectivity index (χ2v) is 5.83. The Bertz CT molecular complexity index is 881. The first kappa shape index (κ1) is 16.3. The molecule has 5 heteroatoms. The van der Waals surface area contributed by atoms with E-state index in [-0.39, 0.29) is 12.3 Å². The van der Waals surface area contributed by atoms with E-state index in [1.165, 1.54) is 0 Å². The van der Waals surface area contributed by atoms with E-state index in [4.69, 9.17) is 10.5 Å². The van der Waals surface area contributed by atoms with Gasteiger partial charge < -0.3 is 10.5 Å². The van der Waals surface area contributed by atoms with Crippen molar-refractivity contribution in [2.45, 2.75) is 27.0 Å². The fraction of sp³-hybridized carbons (Fsp3) is 0.316. The number of fused-ring (bicyclic) bond motifs is 3. The van der Waals surface area contributed by atoms with E-state index < -0.39 is 0 Å². The van der Waals surface area contributed by atoms with Crippen LogP contribution in [0.5, 0.6) is 0 Å². The number of para-hydroxylation sites is 1. The first-order chi connectivity index (χ1) is 11.6. The molecule has 3 rings (SSSR count). The number of rotatable bonds is 4. The predicted octanol–water partition coefficient (Wildman–Crippen LogP) is 4.05. The molecule has 1 atom stereocenters. The maximum Gasteiger partial charge on any atom is 0.420 e. The number of nitrogens with two attached hydrogens (primary N) is 1. The highest BCUT2D eigenvalue weighted by Gasteiger charge is 2.21. The van der Waals surface area contributed by atoms with E-state index in [1.54, 1.807) is 10.6 Å². The Morgan fingerprint density at radius 3 is 2.50 bits per heavy atom. The van der Waals surface area contributed by atoms with Gasteiger partial charge in [0.05, 0.1) is 11.0 Å². The molecule has 5 nitrogen and oxygen atoms in total. The van der Waals surface area contributed by atoms with E-state index in [9.17, 15) is 4.79 Å². The van der Waals surface area contributed by atoms with Crippen molar-refractivity contribution in [1.82, 2.24) is 9.47 Å². The van der Waals surface area contributed by atoms with Crippen molar-refractivity contribution in [2.24, 2.45) is 0 Å². The molecular weight excluding hydrogens is 302 g/mol. The summed E-state index contributed by atoms with van der Waals surface area (Å²) in [6.45, 7) is 7.66. The summed E-state index contributed by atoms with van der Waals surface area (Å²) in [6.07, 6.45) is -0.650. The van der Waals surface area contributed by atoms with Gasteiger partial charge in [0.1, 0.15) is 0 Å². The summed E-state index contributed by atoms with van der Waals surface area (Å²) in [7, 11) is 0. The third-order valence-corrected chi connectivity index (χ3v) is 4.48. The number of nitrogens with zero attached hydrogens (tertiary/aromatic N) is 2. The molecule has 0 spiro atoms. The summed E-state index contributed by atoms with van der Waals surface area (Å²) >= 11 is 0. The summed E-state index contributed by atoms with van der Waals surface area (Å²) < 4.78 is 7.33. The minimum absolute atomic E-state index is 0.280. The lowest BCUT2D eigenvalue weighted by atomic mass is 10.1. The molecule has 126 valence electrons. The van der Waals surface area contributed by atoms with Crippen LogP contribution < -0.4 is 5.73 Å². The monoisotopic (exact) mass is 325 g/mol. The highest BCUT2D eigenvalue weighted by atomic mass is 16.6. The van der Waals surface area contributed by atoms with Gasteiger partial charge in [-0.25, -0.2) is 9.36 Å². The molecule has 3 aromatic rings. The van der Waals surface area contributed by atoms with Crippen molar-refractivity contribution < 1.29 is 9.53 Å². The Morgan fingerprint density at radius 2 is 1.79 bits per heavy atom. The maximum atomic E-state index is 12.8. The van der Waals surface area contributed by atoms with E-state index in [0.29, 0.717) is 5.69 Å². The first-order valence-corrected chi connectivity index (χ1v) is 8.30. The van der Waals surface area contributed by atoms with Crippen molar-refractivity contribution >= 4 is 33.6 Å². The standard InChI is InChI=1S/C19H23N3O2/c1-4-21(5-2)13(3)24-19(23)22-17-9-7-6-8-15(17)16-12-14(20)10-11-18(16)22/h6-13H,4-5,20H2,1-3H3. The first-order valence-electron chi connectivity index (χ1n) is 8.30. The van der Waals surface area contributed by atoms with Crippen LogP contribution in [0.15, 0.2) is 42.5 Å². The summed E-state index contributed by atoms with van der Waals surface area (Å²) in [5, 5.41) is 1.95. The largest absolute Gasteiger partial charge is 0.430 e. The lowest BCUT2D eigenvalue weighted by Crippen LogP contribution is -2.37. The third kappa shape index (κ3) is 2.71.